The van der Waals surface area contributed by atoms with E-state index >= 15 is 0 Å². The lowest BCUT2D eigenvalue weighted by Gasteiger charge is -2.14. The second-order valence-corrected chi connectivity index (χ2v) is 5.27. The van der Waals surface area contributed by atoms with Crippen LogP contribution >= 0.6 is 15.9 Å². The molecule has 0 aromatic heterocycles. The lowest BCUT2D eigenvalue weighted by atomic mass is 9.88. The quantitative estimate of drug-likeness (QED) is 0.872. The number of benzene rings is 1. The van der Waals surface area contributed by atoms with Crippen molar-refractivity contribution in [2.24, 2.45) is 11.8 Å². The zero-order valence-electron chi connectivity index (χ0n) is 9.23. The molecule has 0 spiro atoms. The van der Waals surface area contributed by atoms with Gasteiger partial charge in [-0.1, -0.05) is 34.5 Å². The maximum Gasteiger partial charge on any atom is 0.307 e. The Labute approximate surface area is 108 Å². The molecule has 0 radical (unpaired) electrons. The third-order valence-electron chi connectivity index (χ3n) is 3.30. The number of halogens is 1. The number of aliphatic carboxylic acids is 1. The molecule has 0 amide bonds. The molecular weight excluding hydrogens is 284 g/mol. The van der Waals surface area contributed by atoms with Gasteiger partial charge in [0.25, 0.3) is 0 Å². The maximum atomic E-state index is 12.2. The van der Waals surface area contributed by atoms with Crippen LogP contribution in [-0.4, -0.2) is 16.9 Å². The Morgan fingerprint density at radius 3 is 2.29 bits per heavy atom. The molecule has 0 saturated heterocycles. The molecule has 1 fully saturated rings. The second-order valence-electron chi connectivity index (χ2n) is 4.35. The average molecular weight is 297 g/mol. The summed E-state index contributed by atoms with van der Waals surface area (Å²) >= 11 is 3.31. The topological polar surface area (TPSA) is 54.4 Å². The van der Waals surface area contributed by atoms with Crippen LogP contribution < -0.4 is 0 Å². The molecule has 3 nitrogen and oxygen atoms in total. The van der Waals surface area contributed by atoms with Gasteiger partial charge in [0.1, 0.15) is 0 Å². The normalized spacial score (nSPS) is 23.6. The van der Waals surface area contributed by atoms with E-state index in [2.05, 4.69) is 15.9 Å². The van der Waals surface area contributed by atoms with Gasteiger partial charge in [0.2, 0.25) is 0 Å². The van der Waals surface area contributed by atoms with Crippen LogP contribution in [0, 0.1) is 11.8 Å². The van der Waals surface area contributed by atoms with Crippen LogP contribution in [0.1, 0.15) is 29.6 Å². The molecule has 2 atom stereocenters. The molecule has 0 heterocycles. The molecule has 17 heavy (non-hydrogen) atoms. The van der Waals surface area contributed by atoms with E-state index in [1.54, 1.807) is 24.3 Å². The smallest absolute Gasteiger partial charge is 0.307 e. The average Bonchev–Trinajstić information content (AvgIpc) is 2.78. The van der Waals surface area contributed by atoms with Crippen LogP contribution in [0.4, 0.5) is 0 Å². The molecule has 0 aliphatic heterocycles. The summed E-state index contributed by atoms with van der Waals surface area (Å²) in [5, 5.41) is 9.06. The number of hydrogen-bond acceptors (Lipinski definition) is 2. The highest BCUT2D eigenvalue weighted by Crippen LogP contribution is 2.34. The van der Waals surface area contributed by atoms with Crippen molar-refractivity contribution >= 4 is 27.7 Å². The number of carbonyl (C=O) groups is 2. The number of carboxylic acids is 1. The van der Waals surface area contributed by atoms with Crippen molar-refractivity contribution < 1.29 is 14.7 Å². The highest BCUT2D eigenvalue weighted by Gasteiger charge is 2.37. The van der Waals surface area contributed by atoms with Crippen LogP contribution in [0.5, 0.6) is 0 Å². The summed E-state index contributed by atoms with van der Waals surface area (Å²) in [6.45, 7) is 0. The van der Waals surface area contributed by atoms with Gasteiger partial charge >= 0.3 is 5.97 Å². The highest BCUT2D eigenvalue weighted by molar-refractivity contribution is 9.10. The first-order valence-electron chi connectivity index (χ1n) is 5.62. The van der Waals surface area contributed by atoms with Crippen LogP contribution in [0.2, 0.25) is 0 Å². The van der Waals surface area contributed by atoms with Gasteiger partial charge in [-0.15, -0.1) is 0 Å². The largest absolute Gasteiger partial charge is 0.481 e. The van der Waals surface area contributed by atoms with Gasteiger partial charge in [-0.2, -0.15) is 0 Å². The lowest BCUT2D eigenvalue weighted by Crippen LogP contribution is -2.25. The van der Waals surface area contributed by atoms with E-state index in [9.17, 15) is 9.59 Å². The van der Waals surface area contributed by atoms with E-state index in [-0.39, 0.29) is 11.7 Å². The zero-order chi connectivity index (χ0) is 12.4. The molecule has 1 aliphatic rings. The first-order chi connectivity index (χ1) is 8.09. The van der Waals surface area contributed by atoms with Gasteiger partial charge in [0.05, 0.1) is 5.92 Å². The molecule has 1 saturated carbocycles. The van der Waals surface area contributed by atoms with Gasteiger partial charge in [-0.3, -0.25) is 9.59 Å². The Balaban J connectivity index is 2.19. The van der Waals surface area contributed by atoms with Gasteiger partial charge in [0.15, 0.2) is 5.78 Å². The van der Waals surface area contributed by atoms with Crippen molar-refractivity contribution in [2.45, 2.75) is 19.3 Å². The lowest BCUT2D eigenvalue weighted by molar-refractivity contribution is -0.142. The Morgan fingerprint density at radius 2 is 1.71 bits per heavy atom. The molecule has 1 aliphatic carbocycles. The van der Waals surface area contributed by atoms with Crippen molar-refractivity contribution in [1.82, 2.24) is 0 Å². The van der Waals surface area contributed by atoms with E-state index in [0.717, 1.165) is 10.9 Å². The van der Waals surface area contributed by atoms with E-state index in [4.69, 9.17) is 5.11 Å². The second kappa shape index (κ2) is 5.00. The standard InChI is InChI=1S/C13H13BrO3/c14-9-6-4-8(5-7-9)12(15)10-2-1-3-11(10)13(16)17/h4-7,10-11H,1-3H2,(H,16,17)/t10-,11+/m0/s1. The number of carbonyl (C=O) groups excluding carboxylic acids is 1. The molecule has 1 aromatic carbocycles. The Morgan fingerprint density at radius 1 is 1.12 bits per heavy atom. The highest BCUT2D eigenvalue weighted by atomic mass is 79.9. The van der Waals surface area contributed by atoms with E-state index in [1.807, 2.05) is 0 Å². The summed E-state index contributed by atoms with van der Waals surface area (Å²) < 4.78 is 0.912. The third-order valence-corrected chi connectivity index (χ3v) is 3.83. The fraction of sp³-hybridized carbons (Fsp3) is 0.385. The van der Waals surface area contributed by atoms with Gasteiger partial charge in [-0.05, 0) is 25.0 Å². The predicted octanol–water partition coefficient (Wildman–Crippen LogP) is 3.13. The summed E-state index contributed by atoms with van der Waals surface area (Å²) in [6.07, 6.45) is 2.12. The first-order valence-corrected chi connectivity index (χ1v) is 6.41. The minimum atomic E-state index is -0.849. The first kappa shape index (κ1) is 12.3. The fourth-order valence-corrected chi connectivity index (χ4v) is 2.66. The van der Waals surface area contributed by atoms with Crippen molar-refractivity contribution in [2.75, 3.05) is 0 Å². The molecular formula is C13H13BrO3. The Kier molecular flexibility index (Phi) is 3.62. The van der Waals surface area contributed by atoms with Crippen molar-refractivity contribution in [3.05, 3.63) is 34.3 Å². The molecule has 90 valence electrons. The van der Waals surface area contributed by atoms with Crippen molar-refractivity contribution in [1.29, 1.82) is 0 Å². The molecule has 1 aromatic rings. The predicted molar refractivity (Wildman–Crippen MR) is 66.9 cm³/mol. The summed E-state index contributed by atoms with van der Waals surface area (Å²) in [5.41, 5.74) is 0.603. The van der Waals surface area contributed by atoms with Crippen LogP contribution in [-0.2, 0) is 4.79 Å². The summed E-state index contributed by atoms with van der Waals surface area (Å²) in [5.74, 6) is -1.75. The van der Waals surface area contributed by atoms with Crippen molar-refractivity contribution in [3.63, 3.8) is 0 Å². The molecule has 2 rings (SSSR count). The van der Waals surface area contributed by atoms with Crippen LogP contribution in [0.25, 0.3) is 0 Å². The maximum absolute atomic E-state index is 12.2. The summed E-state index contributed by atoms with van der Waals surface area (Å²) in [4.78, 5) is 23.2. The van der Waals surface area contributed by atoms with E-state index in [0.29, 0.717) is 18.4 Å². The van der Waals surface area contributed by atoms with Crippen molar-refractivity contribution in [3.8, 4) is 0 Å². The zero-order valence-corrected chi connectivity index (χ0v) is 10.8. The minimum Gasteiger partial charge on any atom is -0.481 e. The fourth-order valence-electron chi connectivity index (χ4n) is 2.40. The summed E-state index contributed by atoms with van der Waals surface area (Å²) in [7, 11) is 0. The van der Waals surface area contributed by atoms with E-state index < -0.39 is 11.9 Å². The van der Waals surface area contributed by atoms with Gasteiger partial charge in [0, 0.05) is 16.0 Å². The van der Waals surface area contributed by atoms with Gasteiger partial charge in [-0.25, -0.2) is 0 Å². The molecule has 0 unspecified atom stereocenters. The van der Waals surface area contributed by atoms with Crippen LogP contribution in [0.3, 0.4) is 0 Å². The SMILES string of the molecule is O=C(c1ccc(Br)cc1)[C@H]1CCC[C@H]1C(=O)O. The third kappa shape index (κ3) is 2.57. The van der Waals surface area contributed by atoms with Crippen LogP contribution in [0.15, 0.2) is 28.7 Å². The molecule has 1 N–H and O–H groups in total. The summed E-state index contributed by atoms with van der Waals surface area (Å²) in [6, 6.07) is 7.09. The number of rotatable bonds is 3. The molecule has 4 heteroatoms. The number of hydrogen-bond donors (Lipinski definition) is 1. The van der Waals surface area contributed by atoms with E-state index in [1.165, 1.54) is 0 Å². The van der Waals surface area contributed by atoms with Gasteiger partial charge < -0.3 is 5.11 Å². The Bertz CT molecular complexity index is 438. The number of Topliss-reactive ketones (excluding diaryl/α,β-unsaturated/α-hetero) is 1. The monoisotopic (exact) mass is 296 g/mol. The molecule has 0 bridgehead atoms. The minimum absolute atomic E-state index is 0.0394. The number of carboxylic acid groups (broad SMARTS) is 1. The number of ketones is 1. The Hall–Kier alpha value is -1.16.